The fraction of sp³-hybridized carbons (Fsp3) is 0.923. The van der Waals surface area contributed by atoms with Crippen LogP contribution in [0, 0.1) is 0 Å². The van der Waals surface area contributed by atoms with Crippen molar-refractivity contribution in [3.05, 3.63) is 0 Å². The van der Waals surface area contributed by atoms with E-state index in [2.05, 4.69) is 17.1 Å². The number of nitrogens with one attached hydrogen (secondary N) is 1. The largest absolute Gasteiger partial charge is 0.465 e. The summed E-state index contributed by atoms with van der Waals surface area (Å²) in [4.78, 5) is 14.3. The molecular formula is C13H26N2O3. The second-order valence-electron chi connectivity index (χ2n) is 5.00. The number of rotatable bonds is 6. The molecule has 2 atom stereocenters. The number of likely N-dealkylation sites (N-methyl/N-ethyl adjacent to an activating group) is 1. The first kappa shape index (κ1) is 15.4. The molecule has 1 aliphatic heterocycles. The van der Waals surface area contributed by atoms with E-state index in [4.69, 9.17) is 9.47 Å². The van der Waals surface area contributed by atoms with Crippen LogP contribution in [-0.2, 0) is 14.3 Å². The normalized spacial score (nSPS) is 22.2. The van der Waals surface area contributed by atoms with Gasteiger partial charge in [-0.05, 0) is 34.2 Å². The summed E-state index contributed by atoms with van der Waals surface area (Å²) < 4.78 is 10.5. The Kier molecular flexibility index (Phi) is 6.05. The predicted molar refractivity (Wildman–Crippen MR) is 70.6 cm³/mol. The van der Waals surface area contributed by atoms with Gasteiger partial charge in [-0.1, -0.05) is 0 Å². The van der Waals surface area contributed by atoms with Crippen molar-refractivity contribution >= 4 is 5.97 Å². The van der Waals surface area contributed by atoms with Crippen molar-refractivity contribution in [2.24, 2.45) is 0 Å². The smallest absolute Gasteiger partial charge is 0.326 e. The number of hydrogen-bond acceptors (Lipinski definition) is 5. The first-order chi connectivity index (χ1) is 8.53. The lowest BCUT2D eigenvalue weighted by Crippen LogP contribution is -2.54. The molecule has 106 valence electrons. The Bertz CT molecular complexity index is 267. The molecule has 0 aromatic heterocycles. The van der Waals surface area contributed by atoms with E-state index in [1.807, 2.05) is 20.9 Å². The summed E-state index contributed by atoms with van der Waals surface area (Å²) in [5.41, 5.74) is -0.617. The molecule has 1 rings (SSSR count). The minimum absolute atomic E-state index is 0.174. The molecule has 0 radical (unpaired) electrons. The third-order valence-corrected chi connectivity index (χ3v) is 3.65. The maximum Gasteiger partial charge on any atom is 0.326 e. The Morgan fingerprint density at radius 1 is 1.50 bits per heavy atom. The quantitative estimate of drug-likeness (QED) is 0.709. The Hall–Kier alpha value is -0.650. The van der Waals surface area contributed by atoms with Crippen molar-refractivity contribution in [1.82, 2.24) is 10.2 Å². The van der Waals surface area contributed by atoms with Crippen LogP contribution in [-0.4, -0.2) is 62.4 Å². The van der Waals surface area contributed by atoms with Crippen LogP contribution in [0.1, 0.15) is 27.2 Å². The molecule has 0 aromatic rings. The van der Waals surface area contributed by atoms with Gasteiger partial charge in [0.25, 0.3) is 0 Å². The third kappa shape index (κ3) is 3.93. The van der Waals surface area contributed by atoms with Crippen LogP contribution < -0.4 is 5.32 Å². The number of ether oxygens (including phenoxy) is 2. The van der Waals surface area contributed by atoms with Gasteiger partial charge in [0, 0.05) is 19.1 Å². The number of carbonyl (C=O) groups is 1. The highest BCUT2D eigenvalue weighted by molar-refractivity contribution is 5.80. The number of morpholine rings is 1. The van der Waals surface area contributed by atoms with Crippen molar-refractivity contribution in [2.45, 2.75) is 38.8 Å². The second-order valence-corrected chi connectivity index (χ2v) is 5.00. The van der Waals surface area contributed by atoms with E-state index in [9.17, 15) is 4.79 Å². The standard InChI is InChI=1S/C13H26N2O3/c1-5-18-12(16)13(3,14-4)10-11(2)15-6-8-17-9-7-15/h11,14H,5-10H2,1-4H3. The molecule has 18 heavy (non-hydrogen) atoms. The fourth-order valence-corrected chi connectivity index (χ4v) is 2.32. The highest BCUT2D eigenvalue weighted by Gasteiger charge is 2.36. The average Bonchev–Trinajstić information content (AvgIpc) is 2.39. The van der Waals surface area contributed by atoms with Gasteiger partial charge >= 0.3 is 5.97 Å². The van der Waals surface area contributed by atoms with E-state index in [0.717, 1.165) is 32.7 Å². The van der Waals surface area contributed by atoms with Crippen LogP contribution in [0.2, 0.25) is 0 Å². The molecule has 0 aromatic carbocycles. The minimum atomic E-state index is -0.617. The number of carbonyl (C=O) groups excluding carboxylic acids is 1. The maximum atomic E-state index is 12.0. The van der Waals surface area contributed by atoms with Gasteiger partial charge in [-0.25, -0.2) is 0 Å². The predicted octanol–water partition coefficient (Wildman–Crippen LogP) is 0.638. The average molecular weight is 258 g/mol. The second kappa shape index (κ2) is 7.07. The van der Waals surface area contributed by atoms with Crippen LogP contribution in [0.15, 0.2) is 0 Å². The van der Waals surface area contributed by atoms with Gasteiger partial charge in [0.2, 0.25) is 0 Å². The van der Waals surface area contributed by atoms with Gasteiger partial charge in [-0.15, -0.1) is 0 Å². The van der Waals surface area contributed by atoms with Crippen LogP contribution in [0.25, 0.3) is 0 Å². The number of hydrogen-bond donors (Lipinski definition) is 1. The zero-order valence-electron chi connectivity index (χ0n) is 12.0. The summed E-state index contributed by atoms with van der Waals surface area (Å²) in [5.74, 6) is -0.174. The summed E-state index contributed by atoms with van der Waals surface area (Å²) in [6.45, 7) is 9.73. The monoisotopic (exact) mass is 258 g/mol. The zero-order valence-corrected chi connectivity index (χ0v) is 12.0. The van der Waals surface area contributed by atoms with E-state index in [0.29, 0.717) is 12.6 Å². The molecule has 1 fully saturated rings. The van der Waals surface area contributed by atoms with E-state index < -0.39 is 5.54 Å². The van der Waals surface area contributed by atoms with Gasteiger partial charge in [0.1, 0.15) is 5.54 Å². The molecular weight excluding hydrogens is 232 g/mol. The van der Waals surface area contributed by atoms with E-state index in [-0.39, 0.29) is 5.97 Å². The Morgan fingerprint density at radius 2 is 2.11 bits per heavy atom. The SMILES string of the molecule is CCOC(=O)C(C)(CC(C)N1CCOCC1)NC. The lowest BCUT2D eigenvalue weighted by Gasteiger charge is -2.37. The summed E-state index contributed by atoms with van der Waals surface area (Å²) in [7, 11) is 1.81. The minimum Gasteiger partial charge on any atom is -0.465 e. The molecule has 5 heteroatoms. The Balaban J connectivity index is 2.57. The van der Waals surface area contributed by atoms with Crippen molar-refractivity contribution in [2.75, 3.05) is 40.0 Å². The Labute approximate surface area is 110 Å². The van der Waals surface area contributed by atoms with Gasteiger partial charge in [-0.2, -0.15) is 0 Å². The van der Waals surface area contributed by atoms with Gasteiger partial charge in [0.05, 0.1) is 19.8 Å². The molecule has 0 aliphatic carbocycles. The summed E-state index contributed by atoms with van der Waals surface area (Å²) in [5, 5.41) is 3.10. The molecule has 5 nitrogen and oxygen atoms in total. The zero-order chi connectivity index (χ0) is 13.6. The van der Waals surface area contributed by atoms with Gasteiger partial charge < -0.3 is 14.8 Å². The third-order valence-electron chi connectivity index (χ3n) is 3.65. The topological polar surface area (TPSA) is 50.8 Å². The van der Waals surface area contributed by atoms with Crippen LogP contribution in [0.4, 0.5) is 0 Å². The van der Waals surface area contributed by atoms with E-state index in [1.54, 1.807) is 0 Å². The van der Waals surface area contributed by atoms with Crippen molar-refractivity contribution in [3.63, 3.8) is 0 Å². The first-order valence-electron chi connectivity index (χ1n) is 6.71. The molecule has 0 spiro atoms. The lowest BCUT2D eigenvalue weighted by molar-refractivity contribution is -0.151. The molecule has 1 N–H and O–H groups in total. The van der Waals surface area contributed by atoms with Crippen molar-refractivity contribution in [3.8, 4) is 0 Å². The number of esters is 1. The van der Waals surface area contributed by atoms with E-state index >= 15 is 0 Å². The molecule has 1 saturated heterocycles. The summed E-state index contributed by atoms with van der Waals surface area (Å²) in [6, 6.07) is 0.329. The highest BCUT2D eigenvalue weighted by atomic mass is 16.5. The van der Waals surface area contributed by atoms with Gasteiger partial charge in [-0.3, -0.25) is 9.69 Å². The molecule has 0 amide bonds. The summed E-state index contributed by atoms with van der Waals surface area (Å²) in [6.07, 6.45) is 0.738. The molecule has 2 unspecified atom stereocenters. The van der Waals surface area contributed by atoms with E-state index in [1.165, 1.54) is 0 Å². The number of nitrogens with zero attached hydrogens (tertiary/aromatic N) is 1. The molecule has 0 saturated carbocycles. The van der Waals surface area contributed by atoms with Crippen molar-refractivity contribution in [1.29, 1.82) is 0 Å². The first-order valence-corrected chi connectivity index (χ1v) is 6.71. The van der Waals surface area contributed by atoms with Gasteiger partial charge in [0.15, 0.2) is 0 Å². The highest BCUT2D eigenvalue weighted by Crippen LogP contribution is 2.18. The Morgan fingerprint density at radius 3 is 2.61 bits per heavy atom. The maximum absolute atomic E-state index is 12.0. The molecule has 1 heterocycles. The van der Waals surface area contributed by atoms with Crippen LogP contribution in [0.5, 0.6) is 0 Å². The molecule has 0 bridgehead atoms. The van der Waals surface area contributed by atoms with Crippen LogP contribution >= 0.6 is 0 Å². The lowest BCUT2D eigenvalue weighted by atomic mass is 9.93. The van der Waals surface area contributed by atoms with Crippen molar-refractivity contribution < 1.29 is 14.3 Å². The summed E-state index contributed by atoms with van der Waals surface area (Å²) >= 11 is 0. The molecule has 1 aliphatic rings. The van der Waals surface area contributed by atoms with Crippen LogP contribution in [0.3, 0.4) is 0 Å². The fourth-order valence-electron chi connectivity index (χ4n) is 2.32.